The van der Waals surface area contributed by atoms with E-state index in [1.54, 1.807) is 12.1 Å². The molecule has 5 N–H and O–H groups in total. The number of amides is 1. The average Bonchev–Trinajstić information content (AvgIpc) is 2.70. The number of nitrogens with one attached hydrogen (secondary N) is 2. The summed E-state index contributed by atoms with van der Waals surface area (Å²) in [5, 5.41) is 18.3. The fourth-order valence-corrected chi connectivity index (χ4v) is 1.42. The first-order chi connectivity index (χ1) is 8.08. The van der Waals surface area contributed by atoms with Crippen LogP contribution in [0.3, 0.4) is 0 Å². The zero-order valence-corrected chi connectivity index (χ0v) is 9.19. The number of H-pyrrole nitrogens is 1. The van der Waals surface area contributed by atoms with Crippen molar-refractivity contribution in [2.24, 2.45) is 0 Å². The van der Waals surface area contributed by atoms with Crippen molar-refractivity contribution in [1.29, 1.82) is 0 Å². The number of nitrogen functional groups attached to an aromatic ring is 1. The highest BCUT2D eigenvalue weighted by Gasteiger charge is 2.13. The Kier molecular flexibility index (Phi) is 2.70. The van der Waals surface area contributed by atoms with Gasteiger partial charge in [0.15, 0.2) is 0 Å². The minimum Gasteiger partial charge on any atom is -0.506 e. The summed E-state index contributed by atoms with van der Waals surface area (Å²) in [6, 6.07) is 4.93. The zero-order chi connectivity index (χ0) is 12.4. The summed E-state index contributed by atoms with van der Waals surface area (Å²) in [6.45, 7) is 1.86. The number of aromatic hydroxyl groups is 1. The minimum atomic E-state index is -0.419. The summed E-state index contributed by atoms with van der Waals surface area (Å²) in [6.07, 6.45) is 1.33. The van der Waals surface area contributed by atoms with Gasteiger partial charge in [0.2, 0.25) is 0 Å². The Hall–Kier alpha value is -2.50. The zero-order valence-electron chi connectivity index (χ0n) is 9.19. The lowest BCUT2D eigenvalue weighted by molar-refractivity contribution is 0.102. The van der Waals surface area contributed by atoms with Crippen LogP contribution in [0.25, 0.3) is 0 Å². The molecule has 0 saturated carbocycles. The quantitative estimate of drug-likeness (QED) is 0.585. The monoisotopic (exact) mass is 232 g/mol. The normalized spacial score (nSPS) is 10.2. The van der Waals surface area contributed by atoms with Crippen molar-refractivity contribution in [1.82, 2.24) is 10.2 Å². The van der Waals surface area contributed by atoms with Crippen molar-refractivity contribution in [3.63, 3.8) is 0 Å². The fraction of sp³-hybridized carbons (Fsp3) is 0.0909. The molecule has 0 aliphatic rings. The van der Waals surface area contributed by atoms with Crippen LogP contribution < -0.4 is 11.1 Å². The van der Waals surface area contributed by atoms with Gasteiger partial charge in [-0.15, -0.1) is 0 Å². The van der Waals surface area contributed by atoms with Gasteiger partial charge in [-0.05, 0) is 24.6 Å². The van der Waals surface area contributed by atoms with Crippen LogP contribution in [0, 0.1) is 6.92 Å². The molecule has 88 valence electrons. The van der Waals surface area contributed by atoms with E-state index in [1.165, 1.54) is 12.3 Å². The first kappa shape index (κ1) is 11.0. The maximum atomic E-state index is 11.8. The summed E-state index contributed by atoms with van der Waals surface area (Å²) in [5.41, 5.74) is 7.04. The predicted octanol–water partition coefficient (Wildman–Crippen LogP) is 1.26. The van der Waals surface area contributed by atoms with Crippen molar-refractivity contribution in [3.8, 4) is 5.75 Å². The van der Waals surface area contributed by atoms with Gasteiger partial charge in [-0.2, -0.15) is 5.10 Å². The molecule has 0 bridgehead atoms. The van der Waals surface area contributed by atoms with Crippen LogP contribution in [0.15, 0.2) is 24.4 Å². The van der Waals surface area contributed by atoms with Crippen LogP contribution in [-0.2, 0) is 0 Å². The van der Waals surface area contributed by atoms with Crippen LogP contribution in [0.1, 0.15) is 15.9 Å². The fourth-order valence-electron chi connectivity index (χ4n) is 1.42. The largest absolute Gasteiger partial charge is 0.506 e. The Morgan fingerprint density at radius 3 is 2.94 bits per heavy atom. The van der Waals surface area contributed by atoms with Gasteiger partial charge in [-0.25, -0.2) is 0 Å². The molecule has 1 heterocycles. The van der Waals surface area contributed by atoms with E-state index in [0.29, 0.717) is 5.69 Å². The topological polar surface area (TPSA) is 104 Å². The van der Waals surface area contributed by atoms with E-state index in [2.05, 4.69) is 15.5 Å². The summed E-state index contributed by atoms with van der Waals surface area (Å²) in [7, 11) is 0. The standard InChI is InChI=1S/C11H12N4O2/c1-6-2-3-9(16)8(4-6)14-11(17)7-5-13-15-10(7)12/h2-5,16H,1H3,(H,14,17)(H3,12,13,15). The number of carbonyl (C=O) groups excluding carboxylic acids is 1. The minimum absolute atomic E-state index is 0.00557. The van der Waals surface area contributed by atoms with Gasteiger partial charge in [0, 0.05) is 0 Å². The number of anilines is 2. The molecule has 6 heteroatoms. The van der Waals surface area contributed by atoms with Crippen molar-refractivity contribution in [2.45, 2.75) is 6.92 Å². The lowest BCUT2D eigenvalue weighted by atomic mass is 10.2. The molecule has 0 spiro atoms. The van der Waals surface area contributed by atoms with Crippen LogP contribution in [0.2, 0.25) is 0 Å². The first-order valence-electron chi connectivity index (χ1n) is 4.97. The summed E-state index contributed by atoms with van der Waals surface area (Å²) >= 11 is 0. The highest BCUT2D eigenvalue weighted by atomic mass is 16.3. The molecule has 1 aromatic heterocycles. The molecule has 17 heavy (non-hydrogen) atoms. The molecule has 0 fully saturated rings. The predicted molar refractivity (Wildman–Crippen MR) is 63.8 cm³/mol. The Bertz CT molecular complexity index is 562. The SMILES string of the molecule is Cc1ccc(O)c(NC(=O)c2cn[nH]c2N)c1. The van der Waals surface area contributed by atoms with E-state index < -0.39 is 5.91 Å². The van der Waals surface area contributed by atoms with E-state index in [-0.39, 0.29) is 17.1 Å². The van der Waals surface area contributed by atoms with Gasteiger partial charge < -0.3 is 16.2 Å². The first-order valence-corrected chi connectivity index (χ1v) is 4.97. The van der Waals surface area contributed by atoms with E-state index in [0.717, 1.165) is 5.56 Å². The van der Waals surface area contributed by atoms with E-state index in [1.807, 2.05) is 6.92 Å². The second kappa shape index (κ2) is 4.17. The third kappa shape index (κ3) is 2.20. The Morgan fingerprint density at radius 2 is 2.29 bits per heavy atom. The van der Waals surface area contributed by atoms with E-state index in [4.69, 9.17) is 5.73 Å². The molecule has 2 aromatic rings. The molecular formula is C11H12N4O2. The van der Waals surface area contributed by atoms with Gasteiger partial charge in [0.25, 0.3) is 5.91 Å². The highest BCUT2D eigenvalue weighted by Crippen LogP contribution is 2.24. The van der Waals surface area contributed by atoms with Crippen molar-refractivity contribution in [3.05, 3.63) is 35.5 Å². The molecule has 0 aliphatic heterocycles. The highest BCUT2D eigenvalue weighted by molar-refractivity contribution is 6.07. The number of nitrogens with zero attached hydrogens (tertiary/aromatic N) is 1. The Morgan fingerprint density at radius 1 is 1.53 bits per heavy atom. The van der Waals surface area contributed by atoms with Gasteiger partial charge in [0.1, 0.15) is 17.1 Å². The lowest BCUT2D eigenvalue weighted by Crippen LogP contribution is -2.13. The molecule has 1 amide bonds. The number of rotatable bonds is 2. The lowest BCUT2D eigenvalue weighted by Gasteiger charge is -2.07. The van der Waals surface area contributed by atoms with Gasteiger partial charge in [0.05, 0.1) is 11.9 Å². The Balaban J connectivity index is 2.24. The second-order valence-electron chi connectivity index (χ2n) is 3.67. The molecule has 0 unspecified atom stereocenters. The third-order valence-electron chi connectivity index (χ3n) is 2.31. The van der Waals surface area contributed by atoms with Crippen LogP contribution >= 0.6 is 0 Å². The van der Waals surface area contributed by atoms with Crippen molar-refractivity contribution < 1.29 is 9.90 Å². The maximum absolute atomic E-state index is 11.8. The van der Waals surface area contributed by atoms with E-state index >= 15 is 0 Å². The van der Waals surface area contributed by atoms with E-state index in [9.17, 15) is 9.90 Å². The number of carbonyl (C=O) groups is 1. The third-order valence-corrected chi connectivity index (χ3v) is 2.31. The number of hydrogen-bond donors (Lipinski definition) is 4. The number of hydrogen-bond acceptors (Lipinski definition) is 4. The smallest absolute Gasteiger partial charge is 0.261 e. The summed E-state index contributed by atoms with van der Waals surface area (Å²) in [4.78, 5) is 11.8. The number of phenols is 1. The van der Waals surface area contributed by atoms with Gasteiger partial charge in [-0.3, -0.25) is 9.89 Å². The number of aromatic amines is 1. The van der Waals surface area contributed by atoms with Crippen LogP contribution in [0.4, 0.5) is 11.5 Å². The maximum Gasteiger partial charge on any atom is 0.261 e. The number of benzene rings is 1. The van der Waals surface area contributed by atoms with Gasteiger partial charge >= 0.3 is 0 Å². The summed E-state index contributed by atoms with van der Waals surface area (Å²) < 4.78 is 0. The molecule has 0 atom stereocenters. The van der Waals surface area contributed by atoms with Crippen LogP contribution in [0.5, 0.6) is 5.75 Å². The second-order valence-corrected chi connectivity index (χ2v) is 3.67. The van der Waals surface area contributed by atoms with Gasteiger partial charge in [-0.1, -0.05) is 6.07 Å². The average molecular weight is 232 g/mol. The molecular weight excluding hydrogens is 220 g/mol. The molecule has 1 aromatic carbocycles. The Labute approximate surface area is 97.5 Å². The number of phenolic OH excluding ortho intramolecular Hbond substituents is 1. The molecule has 0 aliphatic carbocycles. The van der Waals surface area contributed by atoms with Crippen molar-refractivity contribution in [2.75, 3.05) is 11.1 Å². The molecule has 0 saturated heterocycles. The summed E-state index contributed by atoms with van der Waals surface area (Å²) in [5.74, 6) is -0.224. The van der Waals surface area contributed by atoms with Crippen LogP contribution in [-0.4, -0.2) is 21.2 Å². The molecule has 6 nitrogen and oxygen atoms in total. The number of aryl methyl sites for hydroxylation is 1. The molecule has 0 radical (unpaired) electrons. The number of nitrogens with two attached hydrogens (primary N) is 1. The van der Waals surface area contributed by atoms with Crippen molar-refractivity contribution >= 4 is 17.4 Å². The molecule has 2 rings (SSSR count). The number of aromatic nitrogens is 2.